The highest BCUT2D eigenvalue weighted by molar-refractivity contribution is 5.95. The highest BCUT2D eigenvalue weighted by Crippen LogP contribution is 2.35. The minimum absolute atomic E-state index is 0.0642. The Hall–Kier alpha value is -3.28. The largest absolute Gasteiger partial charge is 0.489 e. The summed E-state index contributed by atoms with van der Waals surface area (Å²) in [6.07, 6.45) is -0.277. The number of carbonyl (C=O) groups is 2. The number of amides is 2. The molecule has 0 radical (unpaired) electrons. The van der Waals surface area contributed by atoms with Crippen LogP contribution in [0.4, 0.5) is 4.79 Å². The van der Waals surface area contributed by atoms with E-state index in [1.807, 2.05) is 68.4 Å². The van der Waals surface area contributed by atoms with Gasteiger partial charge in [-0.2, -0.15) is 0 Å². The molecule has 0 aromatic heterocycles. The SMILES string of the molecule is CC(C)OC(=O)C1=C(C(C)C)NC(=O)NC1c1ccccc1OCc1ccccc1. The first-order chi connectivity index (χ1) is 14.4. The van der Waals surface area contributed by atoms with Crippen molar-refractivity contribution < 1.29 is 19.1 Å². The molecule has 30 heavy (non-hydrogen) atoms. The molecule has 0 spiro atoms. The summed E-state index contributed by atoms with van der Waals surface area (Å²) in [5.41, 5.74) is 2.69. The summed E-state index contributed by atoms with van der Waals surface area (Å²) in [7, 11) is 0. The third kappa shape index (κ3) is 5.00. The van der Waals surface area contributed by atoms with Crippen LogP contribution in [0.2, 0.25) is 0 Å². The van der Waals surface area contributed by atoms with Crippen molar-refractivity contribution in [3.05, 3.63) is 77.0 Å². The summed E-state index contributed by atoms with van der Waals surface area (Å²) in [5.74, 6) is 0.0845. The number of rotatable bonds is 7. The van der Waals surface area contributed by atoms with E-state index in [2.05, 4.69) is 10.6 Å². The van der Waals surface area contributed by atoms with Gasteiger partial charge in [-0.15, -0.1) is 0 Å². The summed E-state index contributed by atoms with van der Waals surface area (Å²) in [4.78, 5) is 25.4. The number of urea groups is 1. The van der Waals surface area contributed by atoms with Gasteiger partial charge in [0.2, 0.25) is 0 Å². The second-order valence-electron chi connectivity index (χ2n) is 7.78. The van der Waals surface area contributed by atoms with Crippen LogP contribution in [0.25, 0.3) is 0 Å². The minimum atomic E-state index is -0.672. The number of nitrogens with one attached hydrogen (secondary N) is 2. The molecular weight excluding hydrogens is 380 g/mol. The standard InChI is InChI=1S/C24H28N2O4/c1-15(2)21-20(23(27)30-16(3)4)22(26-24(28)25-21)18-12-8-9-13-19(18)29-14-17-10-6-5-7-11-17/h5-13,15-16,22H,14H2,1-4H3,(H2,25,26,28). The van der Waals surface area contributed by atoms with Gasteiger partial charge in [-0.3, -0.25) is 0 Å². The lowest BCUT2D eigenvalue weighted by atomic mass is 9.91. The number of para-hydroxylation sites is 1. The Morgan fingerprint density at radius 1 is 1.00 bits per heavy atom. The topological polar surface area (TPSA) is 76.7 Å². The maximum atomic E-state index is 13.0. The Bertz CT molecular complexity index is 935. The first-order valence-corrected chi connectivity index (χ1v) is 10.1. The third-order valence-corrected chi connectivity index (χ3v) is 4.71. The van der Waals surface area contributed by atoms with Gasteiger partial charge in [0, 0.05) is 11.3 Å². The molecule has 0 saturated carbocycles. The monoisotopic (exact) mass is 408 g/mol. The van der Waals surface area contributed by atoms with E-state index < -0.39 is 12.0 Å². The van der Waals surface area contributed by atoms with Gasteiger partial charge in [0.25, 0.3) is 0 Å². The molecule has 158 valence electrons. The predicted molar refractivity (Wildman–Crippen MR) is 115 cm³/mol. The fourth-order valence-electron chi connectivity index (χ4n) is 3.36. The Morgan fingerprint density at radius 2 is 1.67 bits per heavy atom. The fraction of sp³-hybridized carbons (Fsp3) is 0.333. The fourth-order valence-corrected chi connectivity index (χ4v) is 3.36. The molecule has 1 unspecified atom stereocenters. The molecule has 6 nitrogen and oxygen atoms in total. The zero-order chi connectivity index (χ0) is 21.7. The molecular formula is C24H28N2O4. The molecule has 1 heterocycles. The van der Waals surface area contributed by atoms with Crippen molar-refractivity contribution in [3.63, 3.8) is 0 Å². The van der Waals surface area contributed by atoms with Crippen LogP contribution in [0.1, 0.15) is 44.9 Å². The molecule has 1 aliphatic rings. The number of carbonyl (C=O) groups excluding carboxylic acids is 2. The Kier molecular flexibility index (Phi) is 6.77. The van der Waals surface area contributed by atoms with Crippen molar-refractivity contribution in [2.24, 2.45) is 5.92 Å². The predicted octanol–water partition coefficient (Wildman–Crippen LogP) is 4.48. The smallest absolute Gasteiger partial charge is 0.338 e. The number of allylic oxidation sites excluding steroid dienone is 1. The second-order valence-corrected chi connectivity index (χ2v) is 7.78. The third-order valence-electron chi connectivity index (χ3n) is 4.71. The maximum Gasteiger partial charge on any atom is 0.338 e. The summed E-state index contributed by atoms with van der Waals surface area (Å²) in [5, 5.41) is 5.66. The zero-order valence-electron chi connectivity index (χ0n) is 17.8. The van der Waals surface area contributed by atoms with Gasteiger partial charge in [0.05, 0.1) is 17.7 Å². The minimum Gasteiger partial charge on any atom is -0.489 e. The van der Waals surface area contributed by atoms with E-state index in [1.54, 1.807) is 13.8 Å². The quantitative estimate of drug-likeness (QED) is 0.662. The van der Waals surface area contributed by atoms with E-state index in [1.165, 1.54) is 0 Å². The van der Waals surface area contributed by atoms with E-state index in [-0.39, 0.29) is 18.1 Å². The van der Waals surface area contributed by atoms with Crippen LogP contribution in [0, 0.1) is 5.92 Å². The zero-order valence-corrected chi connectivity index (χ0v) is 17.8. The number of hydrogen-bond acceptors (Lipinski definition) is 4. The van der Waals surface area contributed by atoms with Gasteiger partial charge in [0.15, 0.2) is 0 Å². The van der Waals surface area contributed by atoms with Crippen LogP contribution in [-0.2, 0) is 16.1 Å². The molecule has 2 N–H and O–H groups in total. The molecule has 3 rings (SSSR count). The maximum absolute atomic E-state index is 13.0. The van der Waals surface area contributed by atoms with E-state index in [9.17, 15) is 9.59 Å². The average Bonchev–Trinajstić information content (AvgIpc) is 2.72. The van der Waals surface area contributed by atoms with Gasteiger partial charge >= 0.3 is 12.0 Å². The van der Waals surface area contributed by atoms with Crippen molar-refractivity contribution in [1.29, 1.82) is 0 Å². The highest BCUT2D eigenvalue weighted by Gasteiger charge is 2.36. The van der Waals surface area contributed by atoms with Crippen LogP contribution in [0.15, 0.2) is 65.9 Å². The van der Waals surface area contributed by atoms with Crippen LogP contribution in [0.3, 0.4) is 0 Å². The number of esters is 1. The number of ether oxygens (including phenoxy) is 2. The van der Waals surface area contributed by atoms with E-state index >= 15 is 0 Å². The van der Waals surface area contributed by atoms with E-state index in [0.29, 0.717) is 29.2 Å². The van der Waals surface area contributed by atoms with Gasteiger partial charge in [-0.25, -0.2) is 9.59 Å². The van der Waals surface area contributed by atoms with Crippen LogP contribution in [0.5, 0.6) is 5.75 Å². The molecule has 6 heteroatoms. The van der Waals surface area contributed by atoms with Gasteiger partial charge in [0.1, 0.15) is 12.4 Å². The van der Waals surface area contributed by atoms with Crippen molar-refractivity contribution in [3.8, 4) is 5.75 Å². The Morgan fingerprint density at radius 3 is 2.33 bits per heavy atom. The molecule has 2 aromatic rings. The van der Waals surface area contributed by atoms with Gasteiger partial charge < -0.3 is 20.1 Å². The summed E-state index contributed by atoms with van der Waals surface area (Å²) in [6.45, 7) is 7.84. The number of hydrogen-bond donors (Lipinski definition) is 2. The summed E-state index contributed by atoms with van der Waals surface area (Å²) < 4.78 is 11.6. The van der Waals surface area contributed by atoms with Crippen molar-refractivity contribution in [2.75, 3.05) is 0 Å². The average molecular weight is 408 g/mol. The first-order valence-electron chi connectivity index (χ1n) is 10.1. The van der Waals surface area contributed by atoms with Gasteiger partial charge in [-0.1, -0.05) is 62.4 Å². The Balaban J connectivity index is 2.00. The van der Waals surface area contributed by atoms with Crippen molar-refractivity contribution in [2.45, 2.75) is 46.4 Å². The highest BCUT2D eigenvalue weighted by atomic mass is 16.5. The van der Waals surface area contributed by atoms with Crippen molar-refractivity contribution in [1.82, 2.24) is 10.6 Å². The molecule has 1 atom stereocenters. The lowest BCUT2D eigenvalue weighted by Gasteiger charge is -2.32. The molecule has 0 saturated heterocycles. The molecule has 1 aliphatic heterocycles. The molecule has 0 aliphatic carbocycles. The normalized spacial score (nSPS) is 16.3. The summed E-state index contributed by atoms with van der Waals surface area (Å²) in [6, 6.07) is 16.2. The van der Waals surface area contributed by atoms with E-state index in [4.69, 9.17) is 9.47 Å². The van der Waals surface area contributed by atoms with Crippen molar-refractivity contribution >= 4 is 12.0 Å². The summed E-state index contributed by atoms with van der Waals surface area (Å²) >= 11 is 0. The second kappa shape index (κ2) is 9.48. The molecule has 2 aromatic carbocycles. The van der Waals surface area contributed by atoms with Gasteiger partial charge in [-0.05, 0) is 31.4 Å². The lowest BCUT2D eigenvalue weighted by molar-refractivity contribution is -0.143. The molecule has 0 bridgehead atoms. The lowest BCUT2D eigenvalue weighted by Crippen LogP contribution is -2.47. The Labute approximate surface area is 177 Å². The molecule has 0 fully saturated rings. The van der Waals surface area contributed by atoms with Crippen LogP contribution < -0.4 is 15.4 Å². The van der Waals surface area contributed by atoms with Crippen LogP contribution in [-0.4, -0.2) is 18.1 Å². The van der Waals surface area contributed by atoms with E-state index in [0.717, 1.165) is 5.56 Å². The van der Waals surface area contributed by atoms with Crippen LogP contribution >= 0.6 is 0 Å². The molecule has 2 amide bonds. The first kappa shape index (κ1) is 21.4. The number of benzene rings is 2.